The molecule has 0 bridgehead atoms. The minimum absolute atomic E-state index is 0.0499. The average Bonchev–Trinajstić information content (AvgIpc) is 3.26. The van der Waals surface area contributed by atoms with E-state index in [9.17, 15) is 14.0 Å². The van der Waals surface area contributed by atoms with Crippen LogP contribution in [0.15, 0.2) is 24.3 Å². The molecule has 3 aliphatic rings. The number of alkyl halides is 1. The normalized spacial score (nSPS) is 32.6. The number of nitrogens with one attached hydrogen (secondary N) is 3. The summed E-state index contributed by atoms with van der Waals surface area (Å²) in [7, 11) is 0. The lowest BCUT2D eigenvalue weighted by Crippen LogP contribution is -2.50. The number of nitrogens with zero attached hydrogens (tertiary/aromatic N) is 1. The summed E-state index contributed by atoms with van der Waals surface area (Å²) in [5, 5.41) is 2.92. The summed E-state index contributed by atoms with van der Waals surface area (Å²) in [4.78, 5) is 26.9. The van der Waals surface area contributed by atoms with E-state index in [0.29, 0.717) is 18.9 Å². The second-order valence-corrected chi connectivity index (χ2v) is 8.58. The molecule has 2 heterocycles. The van der Waals surface area contributed by atoms with Crippen LogP contribution in [-0.4, -0.2) is 41.6 Å². The van der Waals surface area contributed by atoms with Gasteiger partial charge in [-0.25, -0.2) is 9.82 Å². The SMILES string of the molecule is CC(C)c1ccc(NC(=O)C2CC(=O)N(C3NNC4CCCC(F)C43)C2)cc1. The third kappa shape index (κ3) is 3.65. The molecule has 152 valence electrons. The van der Waals surface area contributed by atoms with Gasteiger partial charge >= 0.3 is 0 Å². The molecule has 3 fully saturated rings. The molecule has 6 nitrogen and oxygen atoms in total. The van der Waals surface area contributed by atoms with Crippen molar-refractivity contribution in [3.63, 3.8) is 0 Å². The molecule has 5 unspecified atom stereocenters. The van der Waals surface area contributed by atoms with E-state index in [-0.39, 0.29) is 36.4 Å². The molecule has 1 saturated carbocycles. The molecule has 0 aromatic heterocycles. The Morgan fingerprint density at radius 3 is 2.68 bits per heavy atom. The summed E-state index contributed by atoms with van der Waals surface area (Å²) in [6.07, 6.45) is 1.18. The van der Waals surface area contributed by atoms with Crippen LogP contribution in [0.4, 0.5) is 10.1 Å². The fourth-order valence-corrected chi connectivity index (χ4v) is 4.70. The van der Waals surface area contributed by atoms with Gasteiger partial charge in [0.05, 0.1) is 5.92 Å². The second-order valence-electron chi connectivity index (χ2n) is 8.58. The van der Waals surface area contributed by atoms with E-state index >= 15 is 0 Å². The Morgan fingerprint density at radius 2 is 1.96 bits per heavy atom. The van der Waals surface area contributed by atoms with E-state index in [2.05, 4.69) is 30.0 Å². The van der Waals surface area contributed by atoms with Crippen molar-refractivity contribution in [2.45, 2.75) is 63.8 Å². The van der Waals surface area contributed by atoms with Gasteiger partial charge in [0.25, 0.3) is 0 Å². The van der Waals surface area contributed by atoms with Gasteiger partial charge in [-0.1, -0.05) is 26.0 Å². The molecule has 0 spiro atoms. The number of carbonyl (C=O) groups is 2. The van der Waals surface area contributed by atoms with Gasteiger partial charge in [-0.05, 0) is 42.9 Å². The Hall–Kier alpha value is -1.99. The number of hydrazine groups is 1. The maximum absolute atomic E-state index is 14.5. The van der Waals surface area contributed by atoms with Gasteiger partial charge in [0.1, 0.15) is 12.3 Å². The van der Waals surface area contributed by atoms with Crippen LogP contribution in [0.3, 0.4) is 0 Å². The van der Waals surface area contributed by atoms with Gasteiger partial charge in [0.15, 0.2) is 0 Å². The van der Waals surface area contributed by atoms with Crippen molar-refractivity contribution in [2.75, 3.05) is 11.9 Å². The smallest absolute Gasteiger partial charge is 0.229 e. The number of amides is 2. The highest BCUT2D eigenvalue weighted by atomic mass is 19.1. The molecular formula is C21H29FN4O2. The van der Waals surface area contributed by atoms with Crippen molar-refractivity contribution in [3.8, 4) is 0 Å². The maximum atomic E-state index is 14.5. The van der Waals surface area contributed by atoms with E-state index in [1.54, 1.807) is 4.90 Å². The van der Waals surface area contributed by atoms with Gasteiger partial charge in [0, 0.05) is 30.6 Å². The number of hydrogen-bond acceptors (Lipinski definition) is 4. The summed E-state index contributed by atoms with van der Waals surface area (Å²) in [6, 6.07) is 7.85. The molecule has 2 aliphatic heterocycles. The monoisotopic (exact) mass is 388 g/mol. The minimum Gasteiger partial charge on any atom is -0.326 e. The maximum Gasteiger partial charge on any atom is 0.229 e. The van der Waals surface area contributed by atoms with E-state index in [1.165, 1.54) is 5.56 Å². The highest BCUT2D eigenvalue weighted by Gasteiger charge is 2.49. The van der Waals surface area contributed by atoms with Crippen molar-refractivity contribution in [1.29, 1.82) is 0 Å². The number of fused-ring (bicyclic) bond motifs is 1. The van der Waals surface area contributed by atoms with Gasteiger partial charge in [-0.15, -0.1) is 0 Å². The summed E-state index contributed by atoms with van der Waals surface area (Å²) in [6.45, 7) is 4.57. The van der Waals surface area contributed by atoms with Crippen LogP contribution in [0.25, 0.3) is 0 Å². The topological polar surface area (TPSA) is 73.5 Å². The Kier molecular flexibility index (Phi) is 5.38. The van der Waals surface area contributed by atoms with Crippen molar-refractivity contribution in [1.82, 2.24) is 15.8 Å². The lowest BCUT2D eigenvalue weighted by molar-refractivity contribution is -0.131. The van der Waals surface area contributed by atoms with Gasteiger partial charge in [0.2, 0.25) is 11.8 Å². The van der Waals surface area contributed by atoms with Crippen molar-refractivity contribution in [3.05, 3.63) is 29.8 Å². The molecule has 1 aromatic carbocycles. The standard InChI is InChI=1S/C21H29FN4O2/c1-12(2)13-6-8-15(9-7-13)23-21(28)14-10-18(27)26(11-14)20-19-16(22)4-3-5-17(19)24-25-20/h6-9,12,14,16-17,19-20,24-25H,3-5,10-11H2,1-2H3,(H,23,28). The first-order chi connectivity index (χ1) is 13.4. The van der Waals surface area contributed by atoms with E-state index in [0.717, 1.165) is 18.5 Å². The van der Waals surface area contributed by atoms with Crippen LogP contribution in [-0.2, 0) is 9.59 Å². The number of carbonyl (C=O) groups excluding carboxylic acids is 2. The van der Waals surface area contributed by atoms with Crippen molar-refractivity contribution < 1.29 is 14.0 Å². The molecular weight excluding hydrogens is 359 g/mol. The number of benzene rings is 1. The quantitative estimate of drug-likeness (QED) is 0.741. The molecule has 1 aliphatic carbocycles. The molecule has 0 radical (unpaired) electrons. The fourth-order valence-electron chi connectivity index (χ4n) is 4.70. The van der Waals surface area contributed by atoms with E-state index < -0.39 is 12.1 Å². The number of anilines is 1. The summed E-state index contributed by atoms with van der Waals surface area (Å²) >= 11 is 0. The zero-order valence-corrected chi connectivity index (χ0v) is 16.5. The van der Waals surface area contributed by atoms with E-state index in [4.69, 9.17) is 0 Å². The van der Waals surface area contributed by atoms with Crippen LogP contribution >= 0.6 is 0 Å². The molecule has 5 atom stereocenters. The number of rotatable bonds is 4. The number of halogens is 1. The average molecular weight is 388 g/mol. The molecule has 1 aromatic rings. The van der Waals surface area contributed by atoms with Crippen LogP contribution in [0.2, 0.25) is 0 Å². The van der Waals surface area contributed by atoms with Crippen molar-refractivity contribution in [2.24, 2.45) is 11.8 Å². The highest BCUT2D eigenvalue weighted by molar-refractivity contribution is 5.97. The summed E-state index contributed by atoms with van der Waals surface area (Å²) in [5.41, 5.74) is 8.21. The van der Waals surface area contributed by atoms with Crippen LogP contribution in [0, 0.1) is 11.8 Å². The lowest BCUT2D eigenvalue weighted by Gasteiger charge is -2.34. The Labute approximate surface area is 165 Å². The zero-order chi connectivity index (χ0) is 19.8. The zero-order valence-electron chi connectivity index (χ0n) is 16.5. The summed E-state index contributed by atoms with van der Waals surface area (Å²) in [5.74, 6) is -0.479. The van der Waals surface area contributed by atoms with Gasteiger partial charge < -0.3 is 10.2 Å². The van der Waals surface area contributed by atoms with Gasteiger partial charge in [-0.3, -0.25) is 15.0 Å². The first-order valence-corrected chi connectivity index (χ1v) is 10.3. The van der Waals surface area contributed by atoms with Crippen molar-refractivity contribution >= 4 is 17.5 Å². The Bertz CT molecular complexity index is 738. The fraction of sp³-hybridized carbons (Fsp3) is 0.619. The molecule has 7 heteroatoms. The highest BCUT2D eigenvalue weighted by Crippen LogP contribution is 2.36. The number of hydrogen-bond donors (Lipinski definition) is 3. The van der Waals surface area contributed by atoms with Crippen LogP contribution in [0.5, 0.6) is 0 Å². The molecule has 4 rings (SSSR count). The Morgan fingerprint density at radius 1 is 1.21 bits per heavy atom. The van der Waals surface area contributed by atoms with E-state index in [1.807, 2.05) is 24.3 Å². The third-order valence-electron chi connectivity index (χ3n) is 6.37. The predicted octanol–water partition coefficient (Wildman–Crippen LogP) is 2.54. The molecule has 28 heavy (non-hydrogen) atoms. The predicted molar refractivity (Wildman–Crippen MR) is 105 cm³/mol. The molecule has 3 N–H and O–H groups in total. The molecule has 2 saturated heterocycles. The number of likely N-dealkylation sites (tertiary alicyclic amines) is 1. The first kappa shape index (κ1) is 19.3. The second kappa shape index (κ2) is 7.79. The first-order valence-electron chi connectivity index (χ1n) is 10.3. The third-order valence-corrected chi connectivity index (χ3v) is 6.37. The van der Waals surface area contributed by atoms with Crippen LogP contribution in [0.1, 0.15) is 51.0 Å². The summed E-state index contributed by atoms with van der Waals surface area (Å²) < 4.78 is 14.5. The molecule has 2 amide bonds. The Balaban J connectivity index is 1.39. The largest absolute Gasteiger partial charge is 0.326 e. The minimum atomic E-state index is -0.925. The van der Waals surface area contributed by atoms with Crippen LogP contribution < -0.4 is 16.2 Å². The van der Waals surface area contributed by atoms with Gasteiger partial charge in [-0.2, -0.15) is 0 Å². The lowest BCUT2D eigenvalue weighted by atomic mass is 9.82.